The van der Waals surface area contributed by atoms with Gasteiger partial charge in [-0.1, -0.05) is 38.1 Å². The molecule has 6 aliphatic carbocycles. The summed E-state index contributed by atoms with van der Waals surface area (Å²) < 4.78 is 0. The van der Waals surface area contributed by atoms with E-state index in [1.807, 2.05) is 0 Å². The molecule has 2 aromatic carbocycles. The lowest BCUT2D eigenvalue weighted by molar-refractivity contribution is -0.170. The number of aliphatic hydroxyl groups is 9. The Morgan fingerprint density at radius 2 is 0.900 bits per heavy atom. The number of aromatic hydroxyl groups is 2. The summed E-state index contributed by atoms with van der Waals surface area (Å²) >= 11 is 0. The summed E-state index contributed by atoms with van der Waals surface area (Å²) in [5, 5.41) is 117. The zero-order valence-corrected chi connectivity index (χ0v) is 40.3. The molecule has 8 rings (SSSR count). The van der Waals surface area contributed by atoms with E-state index in [1.165, 1.54) is 50.1 Å². The molecule has 2 fully saturated rings. The number of phenolic OH excluding ortho intramolecular Hbond substituents is 2. The van der Waals surface area contributed by atoms with E-state index < -0.39 is 151 Å². The fourth-order valence-corrected chi connectivity index (χ4v) is 11.2. The highest BCUT2D eigenvalue weighted by Gasteiger charge is 2.70. The number of carbonyl (C=O) groups is 6. The maximum atomic E-state index is 13.7. The highest BCUT2D eigenvalue weighted by Crippen LogP contribution is 2.58. The van der Waals surface area contributed by atoms with Crippen molar-refractivity contribution in [3.05, 3.63) is 92.5 Å². The molecule has 0 radical (unpaired) electrons. The van der Waals surface area contributed by atoms with E-state index >= 15 is 0 Å². The van der Waals surface area contributed by atoms with Gasteiger partial charge in [0.15, 0.2) is 22.8 Å². The summed E-state index contributed by atoms with van der Waals surface area (Å²) in [5.74, 6) is -17.7. The van der Waals surface area contributed by atoms with Crippen LogP contribution in [0.2, 0.25) is 0 Å². The van der Waals surface area contributed by atoms with Crippen LogP contribution >= 0.6 is 24.8 Å². The van der Waals surface area contributed by atoms with E-state index in [4.69, 9.17) is 16.6 Å². The van der Waals surface area contributed by atoms with Gasteiger partial charge in [-0.25, -0.2) is 0 Å². The fraction of sp³-hybridized carbons (Fsp3) is 0.435. The molecule has 70 heavy (non-hydrogen) atoms. The second-order valence-corrected chi connectivity index (χ2v) is 17.9. The number of phenols is 2. The molecule has 0 spiro atoms. The molecule has 384 valence electrons. The highest BCUT2D eigenvalue weighted by molar-refractivity contribution is 6.26. The van der Waals surface area contributed by atoms with Crippen molar-refractivity contribution < 1.29 is 90.4 Å². The minimum absolute atomic E-state index is 0. The first kappa shape index (κ1) is 58.4. The SMILES string of the molecule is CC1c2cccc(O)c2C(O)=C2C(=O)C3(O)C(O)=C(C(N)=O)C(=O)C(N(C)C)C3C(O)C21.CC1c2cccc(O)c2C(O)=C2C(=O)C3(O)C(O)=C(C(N)=O)C(=O)C(N(C)C)C3C(O)C21.CCO.Cl.Cl.O. The van der Waals surface area contributed by atoms with Gasteiger partial charge in [0.05, 0.1) is 47.3 Å². The second-order valence-electron chi connectivity index (χ2n) is 17.9. The number of nitrogens with zero attached hydrogens (tertiary/aromatic N) is 2. The van der Waals surface area contributed by atoms with Crippen molar-refractivity contribution in [1.29, 1.82) is 0 Å². The van der Waals surface area contributed by atoms with Gasteiger partial charge in [-0.2, -0.15) is 0 Å². The molecular weight excluding hydrogens is 967 g/mol. The highest BCUT2D eigenvalue weighted by atomic mass is 35.5. The predicted molar refractivity (Wildman–Crippen MR) is 252 cm³/mol. The van der Waals surface area contributed by atoms with E-state index in [9.17, 15) is 79.8 Å². The number of carbonyl (C=O) groups excluding carboxylic acids is 6. The van der Waals surface area contributed by atoms with Crippen molar-refractivity contribution in [2.45, 2.75) is 68.1 Å². The average molecular weight is 1030 g/mol. The van der Waals surface area contributed by atoms with Crippen LogP contribution in [0.15, 0.2) is 70.2 Å². The summed E-state index contributed by atoms with van der Waals surface area (Å²) in [6, 6.07) is 6.26. The third-order valence-corrected chi connectivity index (χ3v) is 14.0. The van der Waals surface area contributed by atoms with Crippen molar-refractivity contribution in [3.63, 3.8) is 0 Å². The van der Waals surface area contributed by atoms with Gasteiger partial charge in [0.25, 0.3) is 11.8 Å². The quantitative estimate of drug-likeness (QED) is 0.164. The van der Waals surface area contributed by atoms with E-state index in [0.717, 1.165) is 0 Å². The molecule has 2 aromatic rings. The van der Waals surface area contributed by atoms with E-state index in [1.54, 1.807) is 45.0 Å². The van der Waals surface area contributed by atoms with Crippen molar-refractivity contribution in [2.75, 3.05) is 34.8 Å². The third-order valence-electron chi connectivity index (χ3n) is 14.0. The Morgan fingerprint density at radius 3 is 1.16 bits per heavy atom. The lowest BCUT2D eigenvalue weighted by Gasteiger charge is -2.53. The van der Waals surface area contributed by atoms with Crippen LogP contribution in [0.1, 0.15) is 54.9 Å². The van der Waals surface area contributed by atoms with Crippen molar-refractivity contribution in [1.82, 2.24) is 9.80 Å². The summed E-state index contributed by atoms with van der Waals surface area (Å²) in [6.45, 7) is 5.28. The first-order valence-corrected chi connectivity index (χ1v) is 21.1. The number of likely N-dealkylation sites (N-methyl/N-ethyl adjacent to an activating group) is 2. The van der Waals surface area contributed by atoms with Gasteiger partial charge in [-0.05, 0) is 70.2 Å². The molecule has 12 unspecified atom stereocenters. The van der Waals surface area contributed by atoms with Crippen LogP contribution in [0.3, 0.4) is 0 Å². The Morgan fingerprint density at radius 1 is 0.614 bits per heavy atom. The summed E-state index contributed by atoms with van der Waals surface area (Å²) in [6.07, 6.45) is -3.18. The van der Waals surface area contributed by atoms with Gasteiger partial charge >= 0.3 is 0 Å². The molecule has 24 heteroatoms. The molecular formula is C46H58Cl2N4O18. The Hall–Kier alpha value is -5.92. The topological polar surface area (TPSA) is 415 Å². The third kappa shape index (κ3) is 8.01. The van der Waals surface area contributed by atoms with E-state index in [2.05, 4.69) is 0 Å². The minimum atomic E-state index is -2.89. The van der Waals surface area contributed by atoms with Gasteiger partial charge in [-0.15, -0.1) is 24.8 Å². The smallest absolute Gasteiger partial charge is 0.255 e. The zero-order chi connectivity index (χ0) is 50.4. The Bertz CT molecular complexity index is 2490. The summed E-state index contributed by atoms with van der Waals surface area (Å²) in [4.78, 5) is 79.9. The average Bonchev–Trinajstić information content (AvgIpc) is 3.23. The van der Waals surface area contributed by atoms with Crippen LogP contribution < -0.4 is 11.5 Å². The summed E-state index contributed by atoms with van der Waals surface area (Å²) in [7, 11) is 5.84. The van der Waals surface area contributed by atoms with Crippen LogP contribution in [0.5, 0.6) is 11.5 Å². The zero-order valence-electron chi connectivity index (χ0n) is 38.7. The first-order chi connectivity index (χ1) is 31.1. The predicted octanol–water partition coefficient (Wildman–Crippen LogP) is -0.991. The van der Waals surface area contributed by atoms with Gasteiger partial charge in [0.1, 0.15) is 45.7 Å². The minimum Gasteiger partial charge on any atom is -0.508 e. The van der Waals surface area contributed by atoms with Crippen molar-refractivity contribution in [3.8, 4) is 11.5 Å². The number of benzene rings is 2. The van der Waals surface area contributed by atoms with Crippen molar-refractivity contribution in [2.24, 2.45) is 35.1 Å². The van der Waals surface area contributed by atoms with Gasteiger partial charge in [0, 0.05) is 29.6 Å². The fourth-order valence-electron chi connectivity index (χ4n) is 11.2. The Kier molecular flexibility index (Phi) is 17.0. The lowest BCUT2D eigenvalue weighted by atomic mass is 9.54. The molecule has 0 saturated heterocycles. The normalized spacial score (nSPS) is 31.7. The largest absolute Gasteiger partial charge is 0.508 e. The van der Waals surface area contributed by atoms with E-state index in [0.29, 0.717) is 11.1 Å². The molecule has 17 N–H and O–H groups in total. The molecule has 0 aromatic heterocycles. The number of nitrogens with two attached hydrogens (primary N) is 2. The molecule has 6 aliphatic rings. The number of rotatable bonds is 4. The Balaban J connectivity index is 0.000000337. The molecule has 12 atom stereocenters. The maximum absolute atomic E-state index is 13.7. The van der Waals surface area contributed by atoms with Crippen LogP contribution in [-0.4, -0.2) is 177 Å². The van der Waals surface area contributed by atoms with Gasteiger partial charge < -0.3 is 73.1 Å². The van der Waals surface area contributed by atoms with Gasteiger partial charge in [0.2, 0.25) is 11.6 Å². The number of ketones is 4. The van der Waals surface area contributed by atoms with Crippen molar-refractivity contribution >= 4 is 71.3 Å². The van der Waals surface area contributed by atoms with Crippen LogP contribution in [-0.2, 0) is 28.8 Å². The second kappa shape index (κ2) is 20.4. The van der Waals surface area contributed by atoms with E-state index in [-0.39, 0.29) is 59.5 Å². The molecule has 22 nitrogen and oxygen atoms in total. The number of aliphatic hydroxyl groups excluding tert-OH is 7. The first-order valence-electron chi connectivity index (χ1n) is 21.1. The standard InChI is InChI=1S/2C22H24N2O8.C2H6O.2ClH.H2O/c2*1-7-8-5-4-6-9(25)11(8)16(26)12-10(7)17(27)14-15(24(2)3)18(28)13(21(23)31)20(30)22(14,32)19(12)29;1-2-3;;;/h2*4-7,10,14-15,17,25-27,30,32H,1-3H3,(H2,23,31);3H,2H2,1H3;2*1H;1H2. The van der Waals surface area contributed by atoms with Crippen LogP contribution in [0.4, 0.5) is 0 Å². The lowest BCUT2D eigenvalue weighted by Crippen LogP contribution is -2.70. The number of fused-ring (bicyclic) bond motifs is 6. The van der Waals surface area contributed by atoms with Gasteiger partial charge in [-0.3, -0.25) is 38.6 Å². The van der Waals surface area contributed by atoms with Crippen LogP contribution in [0, 0.1) is 23.7 Å². The number of hydrogen-bond acceptors (Lipinski definition) is 19. The molecule has 0 aliphatic heterocycles. The number of amides is 2. The molecule has 0 bridgehead atoms. The monoisotopic (exact) mass is 1020 g/mol. The number of Topliss-reactive ketones (excluding diaryl/α,β-unsaturated/α-hetero) is 4. The molecule has 0 heterocycles. The summed E-state index contributed by atoms with van der Waals surface area (Å²) in [5.41, 5.74) is 2.94. The number of halogens is 2. The number of hydrogen-bond donors (Lipinski definition) is 13. The molecule has 2 amide bonds. The maximum Gasteiger partial charge on any atom is 0.255 e. The molecule has 2 saturated carbocycles. The number of primary amides is 2. The van der Waals surface area contributed by atoms with Crippen LogP contribution in [0.25, 0.3) is 11.5 Å². The Labute approximate surface area is 412 Å².